The molecule has 22 heavy (non-hydrogen) atoms. The van der Waals surface area contributed by atoms with Crippen molar-refractivity contribution in [1.82, 2.24) is 9.21 Å². The van der Waals surface area contributed by atoms with E-state index in [0.29, 0.717) is 0 Å². The minimum Gasteiger partial charge on any atom is -0.292 e. The lowest BCUT2D eigenvalue weighted by Crippen LogP contribution is -2.50. The molecule has 1 aliphatic heterocycles. The summed E-state index contributed by atoms with van der Waals surface area (Å²) in [6, 6.07) is 7.44. The van der Waals surface area contributed by atoms with Crippen LogP contribution in [0.2, 0.25) is 0 Å². The van der Waals surface area contributed by atoms with Gasteiger partial charge in [-0.3, -0.25) is 4.90 Å². The molecule has 120 valence electrons. The van der Waals surface area contributed by atoms with Gasteiger partial charge in [0.2, 0.25) is 10.0 Å². The summed E-state index contributed by atoms with van der Waals surface area (Å²) >= 11 is 0. The average molecular weight is 333 g/mol. The Morgan fingerprint density at radius 1 is 1.18 bits per heavy atom. The lowest BCUT2D eigenvalue weighted by atomic mass is 10.2. The van der Waals surface area contributed by atoms with Crippen LogP contribution in [-0.2, 0) is 10.0 Å². The van der Waals surface area contributed by atoms with Gasteiger partial charge in [-0.1, -0.05) is 6.07 Å². The monoisotopic (exact) mass is 333 g/mol. The molecule has 1 aromatic rings. The maximum absolute atomic E-state index is 12.4. The predicted molar refractivity (Wildman–Crippen MR) is 72.4 cm³/mol. The molecule has 0 saturated carbocycles. The minimum absolute atomic E-state index is 0.00477. The Balaban J connectivity index is 2.08. The molecule has 1 fully saturated rings. The second kappa shape index (κ2) is 6.24. The third-order valence-corrected chi connectivity index (χ3v) is 5.23. The van der Waals surface area contributed by atoms with Gasteiger partial charge in [-0.15, -0.1) is 0 Å². The van der Waals surface area contributed by atoms with Crippen molar-refractivity contribution in [1.29, 1.82) is 5.26 Å². The molecule has 0 bridgehead atoms. The van der Waals surface area contributed by atoms with Crippen molar-refractivity contribution in [2.45, 2.75) is 11.1 Å². The number of nitriles is 1. The zero-order chi connectivity index (χ0) is 16.4. The Labute approximate surface area is 126 Å². The molecule has 0 aromatic heterocycles. The summed E-state index contributed by atoms with van der Waals surface area (Å²) in [5, 5.41) is 8.81. The zero-order valence-corrected chi connectivity index (χ0v) is 12.4. The number of piperazine rings is 1. The molecular weight excluding hydrogens is 319 g/mol. The smallest absolute Gasteiger partial charge is 0.292 e. The number of benzene rings is 1. The molecule has 1 heterocycles. The third-order valence-electron chi connectivity index (χ3n) is 3.34. The summed E-state index contributed by atoms with van der Waals surface area (Å²) in [4.78, 5) is 1.16. The van der Waals surface area contributed by atoms with Gasteiger partial charge in [0.1, 0.15) is 0 Å². The molecule has 9 heteroatoms. The van der Waals surface area contributed by atoms with Gasteiger partial charge >= 0.3 is 6.18 Å². The minimum atomic E-state index is -4.29. The summed E-state index contributed by atoms with van der Waals surface area (Å²) < 4.78 is 62.9. The normalized spacial score (nSPS) is 18.1. The van der Waals surface area contributed by atoms with Gasteiger partial charge in [-0.2, -0.15) is 22.7 Å². The fourth-order valence-electron chi connectivity index (χ4n) is 2.26. The van der Waals surface area contributed by atoms with Crippen LogP contribution in [0.15, 0.2) is 29.2 Å². The number of alkyl halides is 3. The molecule has 0 amide bonds. The van der Waals surface area contributed by atoms with E-state index in [1.165, 1.54) is 29.2 Å². The number of hydrogen-bond acceptors (Lipinski definition) is 4. The van der Waals surface area contributed by atoms with E-state index < -0.39 is 22.7 Å². The van der Waals surface area contributed by atoms with Crippen molar-refractivity contribution in [3.63, 3.8) is 0 Å². The van der Waals surface area contributed by atoms with E-state index >= 15 is 0 Å². The molecule has 0 radical (unpaired) electrons. The van der Waals surface area contributed by atoms with Gasteiger partial charge < -0.3 is 0 Å². The third kappa shape index (κ3) is 3.97. The van der Waals surface area contributed by atoms with E-state index in [2.05, 4.69) is 0 Å². The molecule has 0 aliphatic carbocycles. The maximum atomic E-state index is 12.4. The van der Waals surface area contributed by atoms with Crippen LogP contribution >= 0.6 is 0 Å². The van der Waals surface area contributed by atoms with Crippen LogP contribution in [0.1, 0.15) is 5.56 Å². The Kier molecular flexibility index (Phi) is 4.75. The maximum Gasteiger partial charge on any atom is 0.401 e. The zero-order valence-electron chi connectivity index (χ0n) is 11.5. The van der Waals surface area contributed by atoms with E-state index in [1.54, 1.807) is 0 Å². The average Bonchev–Trinajstić information content (AvgIpc) is 2.46. The van der Waals surface area contributed by atoms with Gasteiger partial charge in [0.05, 0.1) is 23.1 Å². The molecule has 5 nitrogen and oxygen atoms in total. The highest BCUT2D eigenvalue weighted by Crippen LogP contribution is 2.21. The van der Waals surface area contributed by atoms with Crippen molar-refractivity contribution in [2.75, 3.05) is 32.7 Å². The Morgan fingerprint density at radius 2 is 1.82 bits per heavy atom. The molecule has 0 atom stereocenters. The summed E-state index contributed by atoms with van der Waals surface area (Å²) in [7, 11) is -3.79. The summed E-state index contributed by atoms with van der Waals surface area (Å²) in [5.41, 5.74) is 0.219. The number of nitrogens with zero attached hydrogens (tertiary/aromatic N) is 3. The quantitative estimate of drug-likeness (QED) is 0.839. The van der Waals surface area contributed by atoms with E-state index in [1.807, 2.05) is 6.07 Å². The highest BCUT2D eigenvalue weighted by atomic mass is 32.2. The van der Waals surface area contributed by atoms with E-state index in [9.17, 15) is 21.6 Å². The standard InChI is InChI=1S/C13H14F3N3O2S/c14-13(15,16)10-18-4-6-19(7-5-18)22(20,21)12-3-1-2-11(8-12)9-17/h1-3,8H,4-7,10H2. The molecule has 1 saturated heterocycles. The Bertz CT molecular complexity index is 675. The Hall–Kier alpha value is -1.63. The fraction of sp³-hybridized carbons (Fsp3) is 0.462. The highest BCUT2D eigenvalue weighted by molar-refractivity contribution is 7.89. The van der Waals surface area contributed by atoms with Crippen LogP contribution in [0.25, 0.3) is 0 Å². The van der Waals surface area contributed by atoms with Crippen molar-refractivity contribution < 1.29 is 21.6 Å². The molecule has 0 unspecified atom stereocenters. The van der Waals surface area contributed by atoms with E-state index in [0.717, 1.165) is 4.31 Å². The van der Waals surface area contributed by atoms with E-state index in [4.69, 9.17) is 5.26 Å². The predicted octanol–water partition coefficient (Wildman–Crippen LogP) is 1.43. The lowest BCUT2D eigenvalue weighted by Gasteiger charge is -2.34. The fourth-order valence-corrected chi connectivity index (χ4v) is 3.73. The summed E-state index contributed by atoms with van der Waals surface area (Å²) in [5.74, 6) is 0. The van der Waals surface area contributed by atoms with Gasteiger partial charge in [0, 0.05) is 26.2 Å². The van der Waals surface area contributed by atoms with Crippen LogP contribution in [0.5, 0.6) is 0 Å². The second-order valence-electron chi connectivity index (χ2n) is 4.94. The number of hydrogen-bond donors (Lipinski definition) is 0. The molecule has 2 rings (SSSR count). The Morgan fingerprint density at radius 3 is 2.36 bits per heavy atom. The molecular formula is C13H14F3N3O2S. The van der Waals surface area contributed by atoms with Crippen molar-refractivity contribution in [3.05, 3.63) is 29.8 Å². The van der Waals surface area contributed by atoms with Gasteiger partial charge in [0.25, 0.3) is 0 Å². The topological polar surface area (TPSA) is 64.4 Å². The van der Waals surface area contributed by atoms with Crippen LogP contribution in [0, 0.1) is 11.3 Å². The highest BCUT2D eigenvalue weighted by Gasteiger charge is 2.34. The first-order chi connectivity index (χ1) is 10.2. The van der Waals surface area contributed by atoms with Gasteiger partial charge in [-0.05, 0) is 18.2 Å². The largest absolute Gasteiger partial charge is 0.401 e. The lowest BCUT2D eigenvalue weighted by molar-refractivity contribution is -0.148. The van der Waals surface area contributed by atoms with E-state index in [-0.39, 0.29) is 36.6 Å². The number of sulfonamides is 1. The second-order valence-corrected chi connectivity index (χ2v) is 6.87. The van der Waals surface area contributed by atoms with Crippen LogP contribution < -0.4 is 0 Å². The van der Waals surface area contributed by atoms with Crippen LogP contribution in [0.3, 0.4) is 0 Å². The van der Waals surface area contributed by atoms with Crippen molar-refractivity contribution in [2.24, 2.45) is 0 Å². The van der Waals surface area contributed by atoms with Gasteiger partial charge in [-0.25, -0.2) is 8.42 Å². The van der Waals surface area contributed by atoms with Gasteiger partial charge in [0.15, 0.2) is 0 Å². The number of halogens is 3. The SMILES string of the molecule is N#Cc1cccc(S(=O)(=O)N2CCN(CC(F)(F)F)CC2)c1. The molecule has 1 aliphatic rings. The summed E-state index contributed by atoms with van der Waals surface area (Å²) in [6.07, 6.45) is -4.29. The summed E-state index contributed by atoms with van der Waals surface area (Å²) in [6.45, 7) is -0.997. The molecule has 1 aromatic carbocycles. The van der Waals surface area contributed by atoms with Crippen molar-refractivity contribution >= 4 is 10.0 Å². The molecule has 0 spiro atoms. The first kappa shape index (κ1) is 16.7. The molecule has 0 N–H and O–H groups in total. The van der Waals surface area contributed by atoms with Crippen LogP contribution in [0.4, 0.5) is 13.2 Å². The van der Waals surface area contributed by atoms with Crippen molar-refractivity contribution in [3.8, 4) is 6.07 Å². The number of rotatable bonds is 3. The first-order valence-corrected chi connectivity index (χ1v) is 7.96. The van der Waals surface area contributed by atoms with Crippen LogP contribution in [-0.4, -0.2) is 56.5 Å². The first-order valence-electron chi connectivity index (χ1n) is 6.52.